The van der Waals surface area contributed by atoms with E-state index in [2.05, 4.69) is 15.3 Å². The van der Waals surface area contributed by atoms with Crippen molar-refractivity contribution in [3.05, 3.63) is 56.8 Å². The summed E-state index contributed by atoms with van der Waals surface area (Å²) in [4.78, 5) is 33.8. The molecule has 0 atom stereocenters. The highest BCUT2D eigenvalue weighted by atomic mass is 32.1. The van der Waals surface area contributed by atoms with E-state index in [4.69, 9.17) is 9.47 Å². The maximum atomic E-state index is 12.8. The third kappa shape index (κ3) is 3.27. The van der Waals surface area contributed by atoms with E-state index in [1.54, 1.807) is 0 Å². The molecule has 0 fully saturated rings. The van der Waals surface area contributed by atoms with Gasteiger partial charge in [-0.3, -0.25) is 14.9 Å². The smallest absolute Gasteiger partial charge is 0.274 e. The molecule has 154 valence electrons. The van der Waals surface area contributed by atoms with E-state index in [0.717, 1.165) is 51.7 Å². The van der Waals surface area contributed by atoms with Crippen LogP contribution in [0, 0.1) is 13.8 Å². The van der Waals surface area contributed by atoms with E-state index in [1.165, 1.54) is 11.3 Å². The highest BCUT2D eigenvalue weighted by Gasteiger charge is 2.26. The first-order valence-electron chi connectivity index (χ1n) is 9.90. The van der Waals surface area contributed by atoms with Gasteiger partial charge in [-0.2, -0.15) is 0 Å². The number of hydrogen-bond acceptors (Lipinski definition) is 6. The fourth-order valence-corrected chi connectivity index (χ4v) is 5.03. The first-order valence-corrected chi connectivity index (χ1v) is 10.7. The summed E-state index contributed by atoms with van der Waals surface area (Å²) in [6.07, 6.45) is 2.86. The molecule has 3 aromatic rings. The van der Waals surface area contributed by atoms with Gasteiger partial charge >= 0.3 is 0 Å². The molecule has 0 unspecified atom stereocenters. The first kappa shape index (κ1) is 18.9. The molecule has 0 saturated carbocycles. The quantitative estimate of drug-likeness (QED) is 0.657. The van der Waals surface area contributed by atoms with Gasteiger partial charge in [0.2, 0.25) is 6.79 Å². The van der Waals surface area contributed by atoms with Crippen molar-refractivity contribution in [1.82, 2.24) is 9.97 Å². The summed E-state index contributed by atoms with van der Waals surface area (Å²) in [5.74, 6) is 1.36. The Morgan fingerprint density at radius 2 is 2.07 bits per heavy atom. The van der Waals surface area contributed by atoms with Crippen LogP contribution >= 0.6 is 11.3 Å². The molecule has 7 nitrogen and oxygen atoms in total. The third-order valence-corrected chi connectivity index (χ3v) is 6.65. The number of benzene rings is 1. The predicted octanol–water partition coefficient (Wildman–Crippen LogP) is 4.18. The number of Topliss-reactive ketones (excluding diaryl/α,β-unsaturated/α-hetero) is 1. The molecule has 3 heterocycles. The molecule has 5 rings (SSSR count). The lowest BCUT2D eigenvalue weighted by Crippen LogP contribution is -2.13. The third-order valence-electron chi connectivity index (χ3n) is 5.58. The lowest BCUT2D eigenvalue weighted by atomic mass is 9.94. The highest BCUT2D eigenvalue weighted by molar-refractivity contribution is 7.15. The van der Waals surface area contributed by atoms with Crippen LogP contribution in [-0.2, 0) is 12.8 Å². The molecule has 0 bridgehead atoms. The summed E-state index contributed by atoms with van der Waals surface area (Å²) in [6, 6.07) is 5.89. The van der Waals surface area contributed by atoms with Gasteiger partial charge in [0.1, 0.15) is 5.69 Å². The lowest BCUT2D eigenvalue weighted by molar-refractivity contribution is 0.0971. The van der Waals surface area contributed by atoms with Crippen molar-refractivity contribution in [2.75, 3.05) is 12.1 Å². The van der Waals surface area contributed by atoms with Gasteiger partial charge in [-0.05, 0) is 49.9 Å². The molecule has 2 aliphatic rings. The molecule has 1 amide bonds. The summed E-state index contributed by atoms with van der Waals surface area (Å²) in [7, 11) is 0. The molecule has 8 heteroatoms. The fourth-order valence-electron chi connectivity index (χ4n) is 4.04. The number of aryl methyl sites for hydroxylation is 2. The topological polar surface area (TPSA) is 93.3 Å². The van der Waals surface area contributed by atoms with Gasteiger partial charge in [0.25, 0.3) is 5.91 Å². The minimum absolute atomic E-state index is 0.111. The van der Waals surface area contributed by atoms with Crippen molar-refractivity contribution in [3.8, 4) is 11.5 Å². The van der Waals surface area contributed by atoms with Crippen molar-refractivity contribution in [2.45, 2.75) is 39.5 Å². The number of aromatic nitrogens is 2. The molecular weight excluding hydrogens is 402 g/mol. The highest BCUT2D eigenvalue weighted by Crippen LogP contribution is 2.34. The number of rotatable bonds is 4. The van der Waals surface area contributed by atoms with Crippen molar-refractivity contribution in [2.24, 2.45) is 0 Å². The zero-order valence-corrected chi connectivity index (χ0v) is 17.6. The van der Waals surface area contributed by atoms with E-state index in [9.17, 15) is 9.59 Å². The fraction of sp³-hybridized carbons (Fsp3) is 0.318. The summed E-state index contributed by atoms with van der Waals surface area (Å²) in [5.41, 5.74) is 4.69. The molecular formula is C22H21N3O4S. The molecule has 1 aromatic carbocycles. The molecule has 30 heavy (non-hydrogen) atoms. The Bertz CT molecular complexity index is 1180. The Balaban J connectivity index is 1.34. The first-order chi connectivity index (χ1) is 14.5. The number of hydrogen-bond donors (Lipinski definition) is 2. The van der Waals surface area contributed by atoms with Crippen molar-refractivity contribution in [3.63, 3.8) is 0 Å². The summed E-state index contributed by atoms with van der Waals surface area (Å²) in [6.45, 7) is 4.01. The average Bonchev–Trinajstić information content (AvgIpc) is 3.40. The molecule has 2 aromatic heterocycles. The normalized spacial score (nSPS) is 14.7. The Kier molecular flexibility index (Phi) is 4.58. The second-order valence-electron chi connectivity index (χ2n) is 7.60. The summed E-state index contributed by atoms with van der Waals surface area (Å²) < 4.78 is 10.8. The minimum Gasteiger partial charge on any atom is -0.454 e. The maximum absolute atomic E-state index is 12.8. The van der Waals surface area contributed by atoms with Gasteiger partial charge in [0, 0.05) is 29.0 Å². The Morgan fingerprint density at radius 3 is 2.90 bits per heavy atom. The number of aromatic amines is 1. The van der Waals surface area contributed by atoms with Crippen LogP contribution in [0.2, 0.25) is 0 Å². The molecule has 0 spiro atoms. The van der Waals surface area contributed by atoms with Crippen LogP contribution < -0.4 is 14.8 Å². The van der Waals surface area contributed by atoms with E-state index >= 15 is 0 Å². The Morgan fingerprint density at radius 1 is 1.23 bits per heavy atom. The second-order valence-corrected chi connectivity index (χ2v) is 8.69. The summed E-state index contributed by atoms with van der Waals surface area (Å²) in [5, 5.41) is 3.44. The molecule has 0 radical (unpaired) electrons. The van der Waals surface area contributed by atoms with Crippen molar-refractivity contribution >= 4 is 28.2 Å². The molecule has 0 saturated heterocycles. The minimum atomic E-state index is -0.266. The van der Waals surface area contributed by atoms with Gasteiger partial charge in [-0.15, -0.1) is 11.3 Å². The lowest BCUT2D eigenvalue weighted by Gasteiger charge is -2.09. The average molecular weight is 423 g/mol. The molecule has 1 aliphatic carbocycles. The van der Waals surface area contributed by atoms with Gasteiger partial charge in [0.05, 0.1) is 5.69 Å². The number of thiazole rings is 1. The zero-order valence-electron chi connectivity index (χ0n) is 16.8. The second kappa shape index (κ2) is 7.28. The maximum Gasteiger partial charge on any atom is 0.274 e. The van der Waals surface area contributed by atoms with E-state index in [0.29, 0.717) is 29.2 Å². The van der Waals surface area contributed by atoms with Gasteiger partial charge in [-0.1, -0.05) is 6.07 Å². The standard InChI is InChI=1S/C22H21N3O4S/c1-11-19-14(4-3-5-15(19)26)24-20(11)21(27)25-22-23-12(2)18(30-22)9-13-6-7-16-17(8-13)29-10-28-16/h6-8,24H,3-5,9-10H2,1-2H3,(H,23,25,27). The van der Waals surface area contributed by atoms with Crippen molar-refractivity contribution in [1.29, 1.82) is 0 Å². The number of carbonyl (C=O) groups excluding carboxylic acids is 2. The van der Waals surface area contributed by atoms with Crippen LogP contribution in [-0.4, -0.2) is 28.5 Å². The largest absolute Gasteiger partial charge is 0.454 e. The number of carbonyl (C=O) groups is 2. The number of H-pyrrole nitrogens is 1. The van der Waals surface area contributed by atoms with Gasteiger partial charge in [0.15, 0.2) is 22.4 Å². The number of amides is 1. The number of ether oxygens (including phenoxy) is 2. The van der Waals surface area contributed by atoms with E-state index < -0.39 is 0 Å². The number of ketones is 1. The monoisotopic (exact) mass is 423 g/mol. The van der Waals surface area contributed by atoms with Crippen LogP contribution in [0.15, 0.2) is 18.2 Å². The van der Waals surface area contributed by atoms with Gasteiger partial charge < -0.3 is 14.5 Å². The molecule has 2 N–H and O–H groups in total. The Hall–Kier alpha value is -3.13. The van der Waals surface area contributed by atoms with Crippen LogP contribution in [0.3, 0.4) is 0 Å². The number of nitrogens with zero attached hydrogens (tertiary/aromatic N) is 1. The predicted molar refractivity (Wildman–Crippen MR) is 113 cm³/mol. The van der Waals surface area contributed by atoms with E-state index in [1.807, 2.05) is 32.0 Å². The number of anilines is 1. The SMILES string of the molecule is Cc1nc(NC(=O)c2[nH]c3c(c2C)C(=O)CCC3)sc1Cc1ccc2c(c1)OCO2. The summed E-state index contributed by atoms with van der Waals surface area (Å²) >= 11 is 1.46. The van der Waals surface area contributed by atoms with Crippen LogP contribution in [0.4, 0.5) is 5.13 Å². The van der Waals surface area contributed by atoms with Crippen LogP contribution in [0.5, 0.6) is 11.5 Å². The van der Waals surface area contributed by atoms with Crippen molar-refractivity contribution < 1.29 is 19.1 Å². The Labute approximate surface area is 177 Å². The zero-order chi connectivity index (χ0) is 20.8. The van der Waals surface area contributed by atoms with Gasteiger partial charge in [-0.25, -0.2) is 4.98 Å². The number of fused-ring (bicyclic) bond motifs is 2. The molecule has 1 aliphatic heterocycles. The number of nitrogens with one attached hydrogen (secondary N) is 2. The van der Waals surface area contributed by atoms with E-state index in [-0.39, 0.29) is 18.5 Å². The van der Waals surface area contributed by atoms with Crippen LogP contribution in [0.1, 0.15) is 61.1 Å². The van der Waals surface area contributed by atoms with Crippen LogP contribution in [0.25, 0.3) is 0 Å².